The number of carbonyl (C=O) groups excluding carboxylic acids is 2. The maximum absolute atomic E-state index is 12.9. The number of ether oxygens (including phenoxy) is 1. The summed E-state index contributed by atoms with van der Waals surface area (Å²) in [6.45, 7) is 0.736. The predicted octanol–water partition coefficient (Wildman–Crippen LogP) is 1.49. The highest BCUT2D eigenvalue weighted by atomic mass is 32.2. The van der Waals surface area contributed by atoms with Crippen LogP contribution in [0, 0.1) is 11.6 Å². The van der Waals surface area contributed by atoms with Crippen LogP contribution in [0.2, 0.25) is 0 Å². The van der Waals surface area contributed by atoms with Crippen LogP contribution in [-0.4, -0.2) is 32.9 Å². The van der Waals surface area contributed by atoms with Gasteiger partial charge in [-0.15, -0.1) is 0 Å². The molecule has 0 radical (unpaired) electrons. The zero-order valence-electron chi connectivity index (χ0n) is 14.8. The van der Waals surface area contributed by atoms with Gasteiger partial charge in [-0.3, -0.25) is 9.59 Å². The molecule has 0 spiro atoms. The highest BCUT2D eigenvalue weighted by Crippen LogP contribution is 2.09. The lowest BCUT2D eigenvalue weighted by Crippen LogP contribution is -2.38. The van der Waals surface area contributed by atoms with Gasteiger partial charge in [0, 0.05) is 6.54 Å². The molecule has 0 unspecified atom stereocenters. The number of amides is 1. The molecule has 2 aromatic rings. The van der Waals surface area contributed by atoms with E-state index >= 15 is 0 Å². The van der Waals surface area contributed by atoms with Crippen LogP contribution < -0.4 is 10.0 Å². The van der Waals surface area contributed by atoms with Gasteiger partial charge >= 0.3 is 5.97 Å². The van der Waals surface area contributed by atoms with Gasteiger partial charge in [0.05, 0.1) is 4.90 Å². The lowest BCUT2D eigenvalue weighted by molar-refractivity contribution is -0.153. The quantitative estimate of drug-likeness (QED) is 0.640. The minimum absolute atomic E-state index is 0.109. The van der Waals surface area contributed by atoms with E-state index in [2.05, 4.69) is 5.32 Å². The van der Waals surface area contributed by atoms with E-state index in [1.165, 1.54) is 31.2 Å². The molecular weight excluding hydrogens is 394 g/mol. The zero-order valence-corrected chi connectivity index (χ0v) is 15.6. The molecule has 1 amide bonds. The van der Waals surface area contributed by atoms with Crippen molar-refractivity contribution >= 4 is 21.9 Å². The second kappa shape index (κ2) is 9.38. The molecule has 0 aliphatic heterocycles. The molecule has 150 valence electrons. The molecule has 0 saturated heterocycles. The van der Waals surface area contributed by atoms with E-state index in [1.807, 2.05) is 4.72 Å². The first-order valence-electron chi connectivity index (χ1n) is 8.14. The van der Waals surface area contributed by atoms with Gasteiger partial charge in [-0.25, -0.2) is 17.2 Å². The van der Waals surface area contributed by atoms with Crippen molar-refractivity contribution in [2.24, 2.45) is 0 Å². The fourth-order valence-electron chi connectivity index (χ4n) is 2.08. The van der Waals surface area contributed by atoms with Crippen LogP contribution in [0.25, 0.3) is 0 Å². The molecule has 0 aromatic heterocycles. The number of carbonyl (C=O) groups is 2. The molecule has 0 aliphatic carbocycles. The van der Waals surface area contributed by atoms with Crippen LogP contribution in [0.4, 0.5) is 8.78 Å². The lowest BCUT2D eigenvalue weighted by Gasteiger charge is -2.14. The van der Waals surface area contributed by atoms with Gasteiger partial charge in [0.15, 0.2) is 6.10 Å². The van der Waals surface area contributed by atoms with Crippen molar-refractivity contribution in [3.63, 3.8) is 0 Å². The first-order valence-corrected chi connectivity index (χ1v) is 9.62. The summed E-state index contributed by atoms with van der Waals surface area (Å²) >= 11 is 0. The van der Waals surface area contributed by atoms with E-state index in [4.69, 9.17) is 4.74 Å². The Morgan fingerprint density at radius 1 is 1.00 bits per heavy atom. The smallest absolute Gasteiger partial charge is 0.321 e. The molecule has 0 fully saturated rings. The number of benzene rings is 2. The molecule has 0 aliphatic rings. The molecule has 2 aromatic carbocycles. The van der Waals surface area contributed by atoms with E-state index in [1.54, 1.807) is 0 Å². The van der Waals surface area contributed by atoms with Crippen molar-refractivity contribution in [1.29, 1.82) is 0 Å². The van der Waals surface area contributed by atoms with E-state index in [0.717, 1.165) is 24.3 Å². The molecule has 0 bridgehead atoms. The normalized spacial score (nSPS) is 12.2. The summed E-state index contributed by atoms with van der Waals surface area (Å²) in [5.41, 5.74) is 0.653. The third-order valence-corrected chi connectivity index (χ3v) is 5.01. The molecule has 2 N–H and O–H groups in total. The van der Waals surface area contributed by atoms with Crippen LogP contribution >= 0.6 is 0 Å². The number of hydrogen-bond donors (Lipinski definition) is 2. The number of rotatable bonds is 8. The standard InChI is InChI=1S/C18H18F2N2O5S/c1-12(18(24)21-10-13-2-4-14(19)5-3-13)27-17(23)11-22-28(25,26)16-8-6-15(20)7-9-16/h2-9,12,22H,10-11H2,1H3,(H,21,24)/t12-/m0/s1. The minimum Gasteiger partial charge on any atom is -0.452 e. The monoisotopic (exact) mass is 412 g/mol. The highest BCUT2D eigenvalue weighted by molar-refractivity contribution is 7.89. The maximum atomic E-state index is 12.9. The number of esters is 1. The fourth-order valence-corrected chi connectivity index (χ4v) is 3.05. The first-order chi connectivity index (χ1) is 13.2. The van der Waals surface area contributed by atoms with Crippen LogP contribution in [0.3, 0.4) is 0 Å². The third-order valence-electron chi connectivity index (χ3n) is 3.59. The average molecular weight is 412 g/mol. The van der Waals surface area contributed by atoms with Crippen LogP contribution in [0.15, 0.2) is 53.4 Å². The summed E-state index contributed by atoms with van der Waals surface area (Å²) in [5.74, 6) is -2.56. The molecule has 0 saturated carbocycles. The molecule has 28 heavy (non-hydrogen) atoms. The van der Waals surface area contributed by atoms with Crippen molar-refractivity contribution in [3.8, 4) is 0 Å². The SMILES string of the molecule is C[C@H](OC(=O)CNS(=O)(=O)c1ccc(F)cc1)C(=O)NCc1ccc(F)cc1. The Hall–Kier alpha value is -2.85. The predicted molar refractivity (Wildman–Crippen MR) is 95.4 cm³/mol. The summed E-state index contributed by atoms with van der Waals surface area (Å²) in [5, 5.41) is 2.51. The van der Waals surface area contributed by atoms with Crippen LogP contribution in [-0.2, 0) is 30.9 Å². The summed E-state index contributed by atoms with van der Waals surface area (Å²) in [7, 11) is -4.03. The lowest BCUT2D eigenvalue weighted by atomic mass is 10.2. The summed E-state index contributed by atoms with van der Waals surface area (Å²) in [6, 6.07) is 9.53. The number of nitrogens with one attached hydrogen (secondary N) is 2. The minimum atomic E-state index is -4.03. The largest absolute Gasteiger partial charge is 0.452 e. The van der Waals surface area contributed by atoms with Gasteiger partial charge in [-0.2, -0.15) is 4.72 Å². The van der Waals surface area contributed by atoms with Gasteiger partial charge in [-0.05, 0) is 48.9 Å². The summed E-state index contributed by atoms with van der Waals surface area (Å²) in [6.07, 6.45) is -1.16. The van der Waals surface area contributed by atoms with Crippen molar-refractivity contribution in [2.45, 2.75) is 24.5 Å². The van der Waals surface area contributed by atoms with E-state index in [9.17, 15) is 26.8 Å². The molecule has 7 nitrogen and oxygen atoms in total. The fraction of sp³-hybridized carbons (Fsp3) is 0.222. The Labute approximate surface area is 160 Å². The Kier molecular flexibility index (Phi) is 7.18. The van der Waals surface area contributed by atoms with Gasteiger partial charge in [0.2, 0.25) is 10.0 Å². The Morgan fingerprint density at radius 3 is 2.11 bits per heavy atom. The van der Waals surface area contributed by atoms with Gasteiger partial charge in [0.25, 0.3) is 5.91 Å². The number of halogens is 2. The van der Waals surface area contributed by atoms with Crippen molar-refractivity contribution in [2.75, 3.05) is 6.54 Å². The van der Waals surface area contributed by atoms with Crippen LogP contribution in [0.1, 0.15) is 12.5 Å². The van der Waals surface area contributed by atoms with Crippen LogP contribution in [0.5, 0.6) is 0 Å². The molecule has 1 atom stereocenters. The third kappa shape index (κ3) is 6.39. The van der Waals surface area contributed by atoms with Gasteiger partial charge in [0.1, 0.15) is 18.2 Å². The van der Waals surface area contributed by atoms with Crippen molar-refractivity contribution in [3.05, 3.63) is 65.7 Å². The van der Waals surface area contributed by atoms with E-state index in [0.29, 0.717) is 5.56 Å². The summed E-state index contributed by atoms with van der Waals surface area (Å²) < 4.78 is 56.6. The highest BCUT2D eigenvalue weighted by Gasteiger charge is 2.20. The van der Waals surface area contributed by atoms with Gasteiger partial charge in [-0.1, -0.05) is 12.1 Å². The zero-order chi connectivity index (χ0) is 20.7. The topological polar surface area (TPSA) is 102 Å². The maximum Gasteiger partial charge on any atom is 0.321 e. The molecule has 10 heteroatoms. The summed E-state index contributed by atoms with van der Waals surface area (Å²) in [4.78, 5) is 23.5. The number of sulfonamides is 1. The number of hydrogen-bond acceptors (Lipinski definition) is 5. The Morgan fingerprint density at radius 2 is 1.54 bits per heavy atom. The van der Waals surface area contributed by atoms with Crippen molar-refractivity contribution in [1.82, 2.24) is 10.0 Å². The second-order valence-corrected chi connectivity index (χ2v) is 7.52. The van der Waals surface area contributed by atoms with Gasteiger partial charge < -0.3 is 10.1 Å². The molecule has 2 rings (SSSR count). The van der Waals surface area contributed by atoms with Crippen molar-refractivity contribution < 1.29 is 31.5 Å². The second-order valence-electron chi connectivity index (χ2n) is 5.75. The van der Waals surface area contributed by atoms with E-state index in [-0.39, 0.29) is 11.4 Å². The Bertz CT molecular complexity index is 931. The molecular formula is C18H18F2N2O5S. The first kappa shape index (κ1) is 21.5. The average Bonchev–Trinajstić information content (AvgIpc) is 2.66. The van der Waals surface area contributed by atoms with E-state index < -0.39 is 46.2 Å². The molecule has 0 heterocycles. The Balaban J connectivity index is 1.80.